The quantitative estimate of drug-likeness (QED) is 0.624. The first-order valence-electron chi connectivity index (χ1n) is 6.28. The maximum atomic E-state index is 10.1. The first kappa shape index (κ1) is 15.2. The molecule has 0 fully saturated rings. The SMILES string of the molecule is CCCCCCCC(O)c1cc(Br)ccc1Br. The number of aliphatic hydroxyl groups excluding tert-OH is 1. The molecular weight excluding hydrogens is 344 g/mol. The zero-order valence-corrected chi connectivity index (χ0v) is 13.4. The summed E-state index contributed by atoms with van der Waals surface area (Å²) in [4.78, 5) is 0. The van der Waals surface area contributed by atoms with Gasteiger partial charge in [-0.05, 0) is 30.2 Å². The van der Waals surface area contributed by atoms with Gasteiger partial charge in [0.25, 0.3) is 0 Å². The lowest BCUT2D eigenvalue weighted by Gasteiger charge is -2.13. The summed E-state index contributed by atoms with van der Waals surface area (Å²) >= 11 is 6.92. The van der Waals surface area contributed by atoms with E-state index in [1.807, 2.05) is 18.2 Å². The minimum Gasteiger partial charge on any atom is -0.388 e. The van der Waals surface area contributed by atoms with E-state index in [4.69, 9.17) is 0 Å². The zero-order valence-electron chi connectivity index (χ0n) is 10.3. The van der Waals surface area contributed by atoms with Gasteiger partial charge in [-0.25, -0.2) is 0 Å². The van der Waals surface area contributed by atoms with Crippen LogP contribution in [0.1, 0.15) is 57.1 Å². The molecule has 0 saturated heterocycles. The highest BCUT2D eigenvalue weighted by Gasteiger charge is 2.11. The van der Waals surface area contributed by atoms with Gasteiger partial charge in [-0.3, -0.25) is 0 Å². The van der Waals surface area contributed by atoms with Crippen LogP contribution in [0.25, 0.3) is 0 Å². The normalized spacial score (nSPS) is 12.7. The lowest BCUT2D eigenvalue weighted by Crippen LogP contribution is -1.98. The van der Waals surface area contributed by atoms with Gasteiger partial charge in [0.15, 0.2) is 0 Å². The van der Waals surface area contributed by atoms with E-state index in [0.29, 0.717) is 0 Å². The molecule has 1 rings (SSSR count). The van der Waals surface area contributed by atoms with E-state index in [-0.39, 0.29) is 6.10 Å². The second kappa shape index (κ2) is 8.28. The van der Waals surface area contributed by atoms with E-state index in [1.54, 1.807) is 0 Å². The summed E-state index contributed by atoms with van der Waals surface area (Å²) in [5.74, 6) is 0. The van der Waals surface area contributed by atoms with Gasteiger partial charge in [0.1, 0.15) is 0 Å². The highest BCUT2D eigenvalue weighted by molar-refractivity contribution is 9.11. The van der Waals surface area contributed by atoms with Gasteiger partial charge in [-0.2, -0.15) is 0 Å². The van der Waals surface area contributed by atoms with Crippen LogP contribution in [0.15, 0.2) is 27.1 Å². The minimum absolute atomic E-state index is 0.358. The van der Waals surface area contributed by atoms with Crippen LogP contribution in [-0.4, -0.2) is 5.11 Å². The maximum absolute atomic E-state index is 10.1. The summed E-state index contributed by atoms with van der Waals surface area (Å²) in [6.45, 7) is 2.22. The first-order valence-corrected chi connectivity index (χ1v) is 7.86. The summed E-state index contributed by atoms with van der Waals surface area (Å²) in [7, 11) is 0. The summed E-state index contributed by atoms with van der Waals surface area (Å²) in [6, 6.07) is 5.93. The molecular formula is C14H20Br2O. The van der Waals surface area contributed by atoms with Gasteiger partial charge in [0.2, 0.25) is 0 Å². The summed E-state index contributed by atoms with van der Waals surface area (Å²) in [6.07, 6.45) is 6.65. The van der Waals surface area contributed by atoms with Gasteiger partial charge in [0, 0.05) is 8.95 Å². The van der Waals surface area contributed by atoms with Crippen LogP contribution in [0, 0.1) is 0 Å². The lowest BCUT2D eigenvalue weighted by atomic mass is 10.0. The highest BCUT2D eigenvalue weighted by atomic mass is 79.9. The molecule has 3 heteroatoms. The Hall–Kier alpha value is 0.140. The molecule has 0 aliphatic heterocycles. The van der Waals surface area contributed by atoms with Crippen LogP contribution in [-0.2, 0) is 0 Å². The van der Waals surface area contributed by atoms with Crippen LogP contribution in [0.4, 0.5) is 0 Å². The van der Waals surface area contributed by atoms with Crippen molar-refractivity contribution >= 4 is 31.9 Å². The minimum atomic E-state index is -0.358. The van der Waals surface area contributed by atoms with Gasteiger partial charge >= 0.3 is 0 Å². The van der Waals surface area contributed by atoms with Gasteiger partial charge in [-0.15, -0.1) is 0 Å². The summed E-state index contributed by atoms with van der Waals surface area (Å²) in [5, 5.41) is 10.1. The van der Waals surface area contributed by atoms with Crippen LogP contribution in [0.2, 0.25) is 0 Å². The van der Waals surface area contributed by atoms with E-state index in [9.17, 15) is 5.11 Å². The molecule has 0 radical (unpaired) electrons. The fourth-order valence-electron chi connectivity index (χ4n) is 1.87. The molecule has 1 atom stereocenters. The molecule has 1 N–H and O–H groups in total. The molecule has 0 amide bonds. The van der Waals surface area contributed by atoms with E-state index in [0.717, 1.165) is 27.4 Å². The molecule has 0 aromatic heterocycles. The van der Waals surface area contributed by atoms with E-state index < -0.39 is 0 Å². The van der Waals surface area contributed by atoms with Gasteiger partial charge < -0.3 is 5.11 Å². The molecule has 0 saturated carbocycles. The van der Waals surface area contributed by atoms with Gasteiger partial charge in [0.05, 0.1) is 6.10 Å². The van der Waals surface area contributed by atoms with Crippen molar-refractivity contribution in [1.82, 2.24) is 0 Å². The molecule has 0 aliphatic carbocycles. The van der Waals surface area contributed by atoms with Crippen LogP contribution < -0.4 is 0 Å². The highest BCUT2D eigenvalue weighted by Crippen LogP contribution is 2.29. The predicted molar refractivity (Wildman–Crippen MR) is 80.2 cm³/mol. The van der Waals surface area contributed by atoms with Crippen LogP contribution >= 0.6 is 31.9 Å². The van der Waals surface area contributed by atoms with E-state index in [1.165, 1.54) is 25.7 Å². The molecule has 0 bridgehead atoms. The van der Waals surface area contributed by atoms with Crippen molar-refractivity contribution in [3.63, 3.8) is 0 Å². The number of halogens is 2. The summed E-state index contributed by atoms with van der Waals surface area (Å²) < 4.78 is 2.00. The Morgan fingerprint density at radius 2 is 1.82 bits per heavy atom. The monoisotopic (exact) mass is 362 g/mol. The van der Waals surface area contributed by atoms with Crippen molar-refractivity contribution in [2.45, 2.75) is 51.6 Å². The number of benzene rings is 1. The van der Waals surface area contributed by atoms with E-state index in [2.05, 4.69) is 38.8 Å². The van der Waals surface area contributed by atoms with E-state index >= 15 is 0 Å². The fraction of sp³-hybridized carbons (Fsp3) is 0.571. The Bertz CT molecular complexity index is 339. The van der Waals surface area contributed by atoms with Crippen molar-refractivity contribution in [3.8, 4) is 0 Å². The second-order valence-corrected chi connectivity index (χ2v) is 6.15. The van der Waals surface area contributed by atoms with Crippen molar-refractivity contribution in [3.05, 3.63) is 32.7 Å². The third kappa shape index (κ3) is 5.54. The third-order valence-electron chi connectivity index (χ3n) is 2.90. The zero-order chi connectivity index (χ0) is 12.7. The Labute approximate surface area is 121 Å². The number of rotatable bonds is 7. The third-order valence-corrected chi connectivity index (χ3v) is 4.11. The Morgan fingerprint density at radius 3 is 2.53 bits per heavy atom. The number of hydrogen-bond donors (Lipinski definition) is 1. The average molecular weight is 364 g/mol. The van der Waals surface area contributed by atoms with Gasteiger partial charge in [-0.1, -0.05) is 70.9 Å². The molecule has 1 unspecified atom stereocenters. The van der Waals surface area contributed by atoms with Crippen LogP contribution in [0.5, 0.6) is 0 Å². The van der Waals surface area contributed by atoms with Crippen molar-refractivity contribution in [2.75, 3.05) is 0 Å². The average Bonchev–Trinajstić information content (AvgIpc) is 2.32. The van der Waals surface area contributed by atoms with Crippen molar-refractivity contribution in [2.24, 2.45) is 0 Å². The Balaban J connectivity index is 2.41. The van der Waals surface area contributed by atoms with Crippen LogP contribution in [0.3, 0.4) is 0 Å². The van der Waals surface area contributed by atoms with Crippen molar-refractivity contribution in [1.29, 1.82) is 0 Å². The molecule has 0 heterocycles. The fourth-order valence-corrected chi connectivity index (χ4v) is 2.76. The maximum Gasteiger partial charge on any atom is 0.0801 e. The molecule has 0 aliphatic rings. The molecule has 0 spiro atoms. The van der Waals surface area contributed by atoms with Crippen molar-refractivity contribution < 1.29 is 5.11 Å². The topological polar surface area (TPSA) is 20.2 Å². The smallest absolute Gasteiger partial charge is 0.0801 e. The number of hydrogen-bond acceptors (Lipinski definition) is 1. The largest absolute Gasteiger partial charge is 0.388 e. The number of aliphatic hydroxyl groups is 1. The molecule has 1 nitrogen and oxygen atoms in total. The summed E-state index contributed by atoms with van der Waals surface area (Å²) in [5.41, 5.74) is 0.981. The first-order chi connectivity index (χ1) is 8.15. The molecule has 1 aromatic rings. The Kier molecular flexibility index (Phi) is 7.40. The lowest BCUT2D eigenvalue weighted by molar-refractivity contribution is 0.162. The standard InChI is InChI=1S/C14H20Br2O/c1-2-3-4-5-6-7-14(17)12-10-11(15)8-9-13(12)16/h8-10,14,17H,2-7H2,1H3. The molecule has 17 heavy (non-hydrogen) atoms. The number of unbranched alkanes of at least 4 members (excludes halogenated alkanes) is 4. The molecule has 1 aromatic carbocycles. The second-order valence-electron chi connectivity index (χ2n) is 4.38. The Morgan fingerprint density at radius 1 is 1.12 bits per heavy atom. The molecule has 96 valence electrons. The predicted octanol–water partition coefficient (Wildman–Crippen LogP) is 5.61.